The summed E-state index contributed by atoms with van der Waals surface area (Å²) in [6.45, 7) is 0.0329. The number of alkyl halides is 2. The highest BCUT2D eigenvalue weighted by atomic mass is 19.3. The number of carbonyl (C=O) groups excluding carboxylic acids is 1. The SMILES string of the molecule is O=C(c1ccc(Oc2ccccc2)cc1)N1CCN(Cc2nccn2C(F)F)CC1. The van der Waals surface area contributed by atoms with Gasteiger partial charge in [0.1, 0.15) is 17.3 Å². The van der Waals surface area contributed by atoms with Crippen LogP contribution in [0.2, 0.25) is 0 Å². The van der Waals surface area contributed by atoms with E-state index in [0.717, 1.165) is 10.3 Å². The summed E-state index contributed by atoms with van der Waals surface area (Å²) in [5, 5.41) is 0. The average Bonchev–Trinajstić information content (AvgIpc) is 3.24. The number of hydrogen-bond donors (Lipinski definition) is 0. The Balaban J connectivity index is 1.31. The van der Waals surface area contributed by atoms with Crippen LogP contribution in [0.25, 0.3) is 0 Å². The van der Waals surface area contributed by atoms with Gasteiger partial charge in [0.2, 0.25) is 0 Å². The molecule has 1 aliphatic rings. The molecule has 3 aromatic rings. The molecule has 0 atom stereocenters. The first-order valence-electron chi connectivity index (χ1n) is 9.74. The van der Waals surface area contributed by atoms with Crippen LogP contribution in [-0.4, -0.2) is 51.4 Å². The molecule has 1 fully saturated rings. The molecule has 6 nitrogen and oxygen atoms in total. The summed E-state index contributed by atoms with van der Waals surface area (Å²) >= 11 is 0. The van der Waals surface area contributed by atoms with Crippen LogP contribution in [0.15, 0.2) is 67.0 Å². The van der Waals surface area contributed by atoms with E-state index in [1.54, 1.807) is 29.2 Å². The third kappa shape index (κ3) is 4.65. The molecular weight excluding hydrogens is 390 g/mol. The minimum atomic E-state index is -2.60. The Kier molecular flexibility index (Phi) is 6.04. The van der Waals surface area contributed by atoms with Gasteiger partial charge in [0.05, 0.1) is 6.54 Å². The third-order valence-corrected chi connectivity index (χ3v) is 5.06. The number of carbonyl (C=O) groups is 1. The van der Waals surface area contributed by atoms with Gasteiger partial charge < -0.3 is 9.64 Å². The predicted molar refractivity (Wildman–Crippen MR) is 108 cm³/mol. The molecule has 1 aliphatic heterocycles. The molecule has 0 spiro atoms. The summed E-state index contributed by atoms with van der Waals surface area (Å²) in [5.41, 5.74) is 0.595. The van der Waals surface area contributed by atoms with Gasteiger partial charge in [-0.3, -0.25) is 14.3 Å². The molecule has 1 saturated heterocycles. The maximum absolute atomic E-state index is 13.0. The standard InChI is InChI=1S/C22H22F2N4O2/c23-22(24)28-11-10-25-20(28)16-26-12-14-27(15-13-26)21(29)17-6-8-19(9-7-17)30-18-4-2-1-3-5-18/h1-11,22H,12-16H2. The zero-order chi connectivity index (χ0) is 20.9. The lowest BCUT2D eigenvalue weighted by atomic mass is 10.1. The van der Waals surface area contributed by atoms with E-state index < -0.39 is 6.55 Å². The van der Waals surface area contributed by atoms with Crippen molar-refractivity contribution in [3.8, 4) is 11.5 Å². The number of halogens is 2. The van der Waals surface area contributed by atoms with Gasteiger partial charge in [0, 0.05) is 44.1 Å². The van der Waals surface area contributed by atoms with E-state index in [1.165, 1.54) is 12.4 Å². The van der Waals surface area contributed by atoms with Crippen molar-refractivity contribution in [3.63, 3.8) is 0 Å². The smallest absolute Gasteiger partial charge is 0.319 e. The first-order chi connectivity index (χ1) is 14.6. The van der Waals surface area contributed by atoms with E-state index in [1.807, 2.05) is 35.2 Å². The van der Waals surface area contributed by atoms with Crippen LogP contribution in [0.5, 0.6) is 11.5 Å². The molecule has 1 aromatic heterocycles. The van der Waals surface area contributed by atoms with Gasteiger partial charge in [-0.2, -0.15) is 8.78 Å². The first-order valence-corrected chi connectivity index (χ1v) is 9.74. The number of ether oxygens (including phenoxy) is 1. The highest BCUT2D eigenvalue weighted by molar-refractivity contribution is 5.94. The number of benzene rings is 2. The van der Waals surface area contributed by atoms with Gasteiger partial charge in [-0.15, -0.1) is 0 Å². The summed E-state index contributed by atoms with van der Waals surface area (Å²) in [5.74, 6) is 1.69. The number of piperazine rings is 1. The number of nitrogens with zero attached hydrogens (tertiary/aromatic N) is 4. The van der Waals surface area contributed by atoms with Crippen molar-refractivity contribution in [2.75, 3.05) is 26.2 Å². The molecule has 4 rings (SSSR count). The van der Waals surface area contributed by atoms with Gasteiger partial charge in [0.15, 0.2) is 0 Å². The third-order valence-electron chi connectivity index (χ3n) is 5.06. The van der Waals surface area contributed by atoms with Gasteiger partial charge in [-0.1, -0.05) is 18.2 Å². The van der Waals surface area contributed by atoms with Crippen LogP contribution in [-0.2, 0) is 6.54 Å². The number of rotatable bonds is 6. The van der Waals surface area contributed by atoms with Gasteiger partial charge in [-0.05, 0) is 36.4 Å². The lowest BCUT2D eigenvalue weighted by Gasteiger charge is -2.34. The predicted octanol–water partition coefficient (Wildman–Crippen LogP) is 4.03. The molecule has 0 unspecified atom stereocenters. The van der Waals surface area contributed by atoms with Crippen molar-refractivity contribution < 1.29 is 18.3 Å². The lowest BCUT2D eigenvalue weighted by molar-refractivity contribution is 0.0555. The first kappa shape index (κ1) is 20.0. The molecule has 1 amide bonds. The van der Waals surface area contributed by atoms with E-state index in [-0.39, 0.29) is 5.91 Å². The molecule has 8 heteroatoms. The average molecular weight is 412 g/mol. The number of para-hydroxylation sites is 1. The quantitative estimate of drug-likeness (QED) is 0.614. The molecular formula is C22H22F2N4O2. The fraction of sp³-hybridized carbons (Fsp3) is 0.273. The number of imidazole rings is 1. The molecule has 0 bridgehead atoms. The minimum absolute atomic E-state index is 0.0463. The molecule has 2 heterocycles. The largest absolute Gasteiger partial charge is 0.457 e. The minimum Gasteiger partial charge on any atom is -0.457 e. The second-order valence-electron chi connectivity index (χ2n) is 7.04. The van der Waals surface area contributed by atoms with Crippen molar-refractivity contribution in [3.05, 3.63) is 78.4 Å². The molecule has 0 aliphatic carbocycles. The van der Waals surface area contributed by atoms with E-state index in [9.17, 15) is 13.6 Å². The highest BCUT2D eigenvalue weighted by Crippen LogP contribution is 2.22. The van der Waals surface area contributed by atoms with Gasteiger partial charge >= 0.3 is 6.55 Å². The zero-order valence-corrected chi connectivity index (χ0v) is 16.3. The maximum atomic E-state index is 13.0. The monoisotopic (exact) mass is 412 g/mol. The summed E-state index contributed by atoms with van der Waals surface area (Å²) in [7, 11) is 0. The maximum Gasteiger partial charge on any atom is 0.319 e. The topological polar surface area (TPSA) is 50.6 Å². The molecule has 156 valence electrons. The Bertz CT molecular complexity index is 968. The Morgan fingerprint density at radius 1 is 0.967 bits per heavy atom. The normalized spacial score (nSPS) is 14.8. The van der Waals surface area contributed by atoms with Crippen LogP contribution < -0.4 is 4.74 Å². The van der Waals surface area contributed by atoms with Crippen LogP contribution in [0.1, 0.15) is 22.7 Å². The van der Waals surface area contributed by atoms with Crippen molar-refractivity contribution in [1.82, 2.24) is 19.4 Å². The second kappa shape index (κ2) is 9.04. The molecule has 0 saturated carbocycles. The van der Waals surface area contributed by atoms with E-state index >= 15 is 0 Å². The Morgan fingerprint density at radius 2 is 1.63 bits per heavy atom. The molecule has 0 N–H and O–H groups in total. The van der Waals surface area contributed by atoms with Crippen LogP contribution in [0.3, 0.4) is 0 Å². The number of amides is 1. The summed E-state index contributed by atoms with van der Waals surface area (Å²) in [6.07, 6.45) is 2.66. The number of aromatic nitrogens is 2. The van der Waals surface area contributed by atoms with Crippen molar-refractivity contribution in [2.24, 2.45) is 0 Å². The summed E-state index contributed by atoms with van der Waals surface area (Å²) in [6, 6.07) is 16.5. The van der Waals surface area contributed by atoms with Crippen LogP contribution >= 0.6 is 0 Å². The number of hydrogen-bond acceptors (Lipinski definition) is 4. The Labute approximate surface area is 173 Å². The van der Waals surface area contributed by atoms with Crippen LogP contribution in [0, 0.1) is 0 Å². The second-order valence-corrected chi connectivity index (χ2v) is 7.04. The van der Waals surface area contributed by atoms with Gasteiger partial charge in [0.25, 0.3) is 5.91 Å². The van der Waals surface area contributed by atoms with E-state index in [4.69, 9.17) is 4.74 Å². The van der Waals surface area contributed by atoms with Crippen molar-refractivity contribution in [1.29, 1.82) is 0 Å². The lowest BCUT2D eigenvalue weighted by Crippen LogP contribution is -2.48. The fourth-order valence-electron chi connectivity index (χ4n) is 3.43. The van der Waals surface area contributed by atoms with E-state index in [2.05, 4.69) is 4.98 Å². The van der Waals surface area contributed by atoms with Crippen molar-refractivity contribution in [2.45, 2.75) is 13.1 Å². The zero-order valence-electron chi connectivity index (χ0n) is 16.3. The Morgan fingerprint density at radius 3 is 2.30 bits per heavy atom. The van der Waals surface area contributed by atoms with Gasteiger partial charge in [-0.25, -0.2) is 4.98 Å². The summed E-state index contributed by atoms with van der Waals surface area (Å²) in [4.78, 5) is 20.6. The highest BCUT2D eigenvalue weighted by Gasteiger charge is 2.23. The Hall–Kier alpha value is -3.26. The van der Waals surface area contributed by atoms with E-state index in [0.29, 0.717) is 49.9 Å². The molecule has 2 aromatic carbocycles. The molecule has 30 heavy (non-hydrogen) atoms. The fourth-order valence-corrected chi connectivity index (χ4v) is 3.43. The van der Waals surface area contributed by atoms with Crippen LogP contribution in [0.4, 0.5) is 8.78 Å². The molecule has 0 radical (unpaired) electrons. The van der Waals surface area contributed by atoms with Crippen molar-refractivity contribution >= 4 is 5.91 Å². The summed E-state index contributed by atoms with van der Waals surface area (Å²) < 4.78 is 32.6.